The highest BCUT2D eigenvalue weighted by atomic mass is 16.3. The van der Waals surface area contributed by atoms with E-state index in [-0.39, 0.29) is 17.7 Å². The van der Waals surface area contributed by atoms with Crippen LogP contribution in [0.2, 0.25) is 0 Å². The van der Waals surface area contributed by atoms with E-state index in [1.807, 2.05) is 71.5 Å². The molecule has 1 fully saturated rings. The molecule has 0 aliphatic carbocycles. The average Bonchev–Trinajstić information content (AvgIpc) is 3.59. The van der Waals surface area contributed by atoms with Crippen LogP contribution in [-0.2, 0) is 11.3 Å². The zero-order chi connectivity index (χ0) is 23.3. The summed E-state index contributed by atoms with van der Waals surface area (Å²) in [6, 6.07) is 23.3. The van der Waals surface area contributed by atoms with Crippen molar-refractivity contribution < 1.29 is 14.0 Å². The molecule has 1 aliphatic heterocycles. The number of rotatable bonds is 6. The summed E-state index contributed by atoms with van der Waals surface area (Å²) in [5, 5.41) is 7.91. The fourth-order valence-corrected chi connectivity index (χ4v) is 4.32. The first-order valence-corrected chi connectivity index (χ1v) is 11.5. The van der Waals surface area contributed by atoms with Gasteiger partial charge in [-0.15, -0.1) is 0 Å². The number of carbonyl (C=O) groups excluding carboxylic acids is 2. The van der Waals surface area contributed by atoms with Crippen molar-refractivity contribution in [2.45, 2.75) is 19.4 Å². The van der Waals surface area contributed by atoms with Crippen LogP contribution in [0.1, 0.15) is 29.0 Å². The van der Waals surface area contributed by atoms with Crippen molar-refractivity contribution in [3.63, 3.8) is 0 Å². The topological polar surface area (TPSA) is 80.4 Å². The van der Waals surface area contributed by atoms with Gasteiger partial charge in [0.15, 0.2) is 5.76 Å². The van der Waals surface area contributed by atoms with Crippen molar-refractivity contribution in [3.8, 4) is 16.9 Å². The molecule has 7 nitrogen and oxygen atoms in total. The Morgan fingerprint density at radius 1 is 0.941 bits per heavy atom. The molecule has 0 bridgehead atoms. The van der Waals surface area contributed by atoms with Crippen LogP contribution in [0.15, 0.2) is 89.7 Å². The molecule has 0 atom stereocenters. The summed E-state index contributed by atoms with van der Waals surface area (Å²) in [7, 11) is 0. The smallest absolute Gasteiger partial charge is 0.289 e. The molecule has 7 heteroatoms. The lowest BCUT2D eigenvalue weighted by Crippen LogP contribution is -2.42. The van der Waals surface area contributed by atoms with Gasteiger partial charge >= 0.3 is 0 Å². The Morgan fingerprint density at radius 3 is 2.32 bits per heavy atom. The zero-order valence-corrected chi connectivity index (χ0v) is 18.8. The van der Waals surface area contributed by atoms with E-state index in [9.17, 15) is 9.59 Å². The van der Waals surface area contributed by atoms with Crippen LogP contribution in [0, 0.1) is 5.92 Å². The number of nitrogens with one attached hydrogen (secondary N) is 1. The van der Waals surface area contributed by atoms with E-state index in [0.29, 0.717) is 38.2 Å². The number of benzene rings is 2. The standard InChI is InChI=1S/C27H26N4O3/c32-26(21-13-15-30(16-14-21)27(33)24-12-7-17-34-24)28-18-22-19-31(23-10-5-2-6-11-23)29-25(22)20-8-3-1-4-9-20/h1-12,17,19,21H,13-16,18H2,(H,28,32). The fraction of sp³-hybridized carbons (Fsp3) is 0.222. The Kier molecular flexibility index (Phi) is 6.25. The second kappa shape index (κ2) is 9.79. The van der Waals surface area contributed by atoms with Crippen LogP contribution in [0.5, 0.6) is 0 Å². The minimum Gasteiger partial charge on any atom is -0.459 e. The summed E-state index contributed by atoms with van der Waals surface area (Å²) in [4.78, 5) is 27.2. The summed E-state index contributed by atoms with van der Waals surface area (Å²) < 4.78 is 7.06. The Balaban J connectivity index is 1.25. The predicted octanol–water partition coefficient (Wildman–Crippen LogP) is 4.30. The molecule has 0 radical (unpaired) electrons. The number of amides is 2. The molecule has 1 aliphatic rings. The van der Waals surface area contributed by atoms with Gasteiger partial charge in [0.05, 0.1) is 17.6 Å². The van der Waals surface area contributed by atoms with Gasteiger partial charge in [0.25, 0.3) is 5.91 Å². The number of nitrogens with zero attached hydrogens (tertiary/aromatic N) is 3. The minimum absolute atomic E-state index is 0.0107. The number of hydrogen-bond donors (Lipinski definition) is 1. The molecular formula is C27H26N4O3. The molecule has 2 aromatic heterocycles. The van der Waals surface area contributed by atoms with Crippen LogP contribution in [0.25, 0.3) is 16.9 Å². The summed E-state index contributed by atoms with van der Waals surface area (Å²) in [5.74, 6) is 0.109. The molecule has 172 valence electrons. The van der Waals surface area contributed by atoms with Crippen molar-refractivity contribution in [1.29, 1.82) is 0 Å². The fourth-order valence-electron chi connectivity index (χ4n) is 4.32. The van der Waals surface area contributed by atoms with Gasteiger partial charge in [-0.25, -0.2) is 4.68 Å². The number of carbonyl (C=O) groups is 2. The van der Waals surface area contributed by atoms with Crippen molar-refractivity contribution in [1.82, 2.24) is 20.0 Å². The lowest BCUT2D eigenvalue weighted by atomic mass is 9.95. The van der Waals surface area contributed by atoms with Gasteiger partial charge in [-0.1, -0.05) is 48.5 Å². The Bertz CT molecular complexity index is 1240. The summed E-state index contributed by atoms with van der Waals surface area (Å²) in [6.07, 6.45) is 4.74. The molecule has 4 aromatic rings. The first-order valence-electron chi connectivity index (χ1n) is 11.5. The van der Waals surface area contributed by atoms with Gasteiger partial charge < -0.3 is 14.6 Å². The molecule has 0 saturated carbocycles. The van der Waals surface area contributed by atoms with Gasteiger partial charge in [0.1, 0.15) is 0 Å². The first kappa shape index (κ1) is 21.7. The second-order valence-electron chi connectivity index (χ2n) is 8.41. The third kappa shape index (κ3) is 4.64. The van der Waals surface area contributed by atoms with Crippen molar-refractivity contribution in [2.75, 3.05) is 13.1 Å². The van der Waals surface area contributed by atoms with Gasteiger partial charge in [-0.05, 0) is 37.1 Å². The van der Waals surface area contributed by atoms with E-state index < -0.39 is 0 Å². The molecule has 5 rings (SSSR count). The van der Waals surface area contributed by atoms with E-state index in [1.165, 1.54) is 6.26 Å². The van der Waals surface area contributed by atoms with Crippen LogP contribution in [-0.4, -0.2) is 39.6 Å². The molecule has 1 N–H and O–H groups in total. The van der Waals surface area contributed by atoms with E-state index in [2.05, 4.69) is 5.32 Å². The van der Waals surface area contributed by atoms with Crippen molar-refractivity contribution in [3.05, 3.63) is 96.6 Å². The Hall–Kier alpha value is -4.13. The number of para-hydroxylation sites is 1. The number of likely N-dealkylation sites (tertiary alicyclic amines) is 1. The van der Waals surface area contributed by atoms with Gasteiger partial charge in [-0.2, -0.15) is 5.10 Å². The quantitative estimate of drug-likeness (QED) is 0.471. The Labute approximate surface area is 198 Å². The maximum absolute atomic E-state index is 12.9. The van der Waals surface area contributed by atoms with Crippen molar-refractivity contribution >= 4 is 11.8 Å². The lowest BCUT2D eigenvalue weighted by Gasteiger charge is -2.30. The van der Waals surface area contributed by atoms with E-state index in [0.717, 1.165) is 22.5 Å². The first-order chi connectivity index (χ1) is 16.7. The predicted molar refractivity (Wildman–Crippen MR) is 128 cm³/mol. The van der Waals surface area contributed by atoms with Crippen molar-refractivity contribution in [2.24, 2.45) is 5.92 Å². The number of aromatic nitrogens is 2. The normalized spacial score (nSPS) is 14.2. The molecular weight excluding hydrogens is 428 g/mol. The van der Waals surface area contributed by atoms with Crippen LogP contribution in [0.3, 0.4) is 0 Å². The summed E-state index contributed by atoms with van der Waals surface area (Å²) in [5.41, 5.74) is 3.77. The highest BCUT2D eigenvalue weighted by Gasteiger charge is 2.28. The molecule has 1 saturated heterocycles. The largest absolute Gasteiger partial charge is 0.459 e. The highest BCUT2D eigenvalue weighted by molar-refractivity contribution is 5.91. The zero-order valence-electron chi connectivity index (χ0n) is 18.8. The highest BCUT2D eigenvalue weighted by Crippen LogP contribution is 2.24. The summed E-state index contributed by atoms with van der Waals surface area (Å²) >= 11 is 0. The molecule has 3 heterocycles. The molecule has 0 spiro atoms. The number of piperidine rings is 1. The van der Waals surface area contributed by atoms with Gasteiger partial charge in [0, 0.05) is 42.9 Å². The SMILES string of the molecule is O=C(NCc1cn(-c2ccccc2)nc1-c1ccccc1)C1CCN(C(=O)c2ccco2)CC1. The Morgan fingerprint density at radius 2 is 1.65 bits per heavy atom. The maximum Gasteiger partial charge on any atom is 0.289 e. The van der Waals surface area contributed by atoms with E-state index in [4.69, 9.17) is 9.52 Å². The van der Waals surface area contributed by atoms with E-state index in [1.54, 1.807) is 17.0 Å². The molecule has 34 heavy (non-hydrogen) atoms. The van der Waals surface area contributed by atoms with Gasteiger partial charge in [-0.3, -0.25) is 9.59 Å². The molecule has 0 unspecified atom stereocenters. The average molecular weight is 455 g/mol. The number of hydrogen-bond acceptors (Lipinski definition) is 4. The summed E-state index contributed by atoms with van der Waals surface area (Å²) in [6.45, 7) is 1.47. The second-order valence-corrected chi connectivity index (χ2v) is 8.41. The van der Waals surface area contributed by atoms with Crippen LogP contribution in [0.4, 0.5) is 0 Å². The monoisotopic (exact) mass is 454 g/mol. The minimum atomic E-state index is -0.121. The van der Waals surface area contributed by atoms with E-state index >= 15 is 0 Å². The third-order valence-corrected chi connectivity index (χ3v) is 6.20. The maximum atomic E-state index is 12.9. The van der Waals surface area contributed by atoms with Crippen LogP contribution < -0.4 is 5.32 Å². The molecule has 2 amide bonds. The molecule has 2 aromatic carbocycles. The van der Waals surface area contributed by atoms with Gasteiger partial charge in [0.2, 0.25) is 5.91 Å². The lowest BCUT2D eigenvalue weighted by molar-refractivity contribution is -0.126. The third-order valence-electron chi connectivity index (χ3n) is 6.20. The van der Waals surface area contributed by atoms with Crippen LogP contribution >= 0.6 is 0 Å². The number of furan rings is 1.